The molecule has 2 aromatic rings. The van der Waals surface area contributed by atoms with Gasteiger partial charge < -0.3 is 4.57 Å². The first kappa shape index (κ1) is 12.4. The molecule has 0 atom stereocenters. The second-order valence-electron chi connectivity index (χ2n) is 4.96. The molecule has 98 valence electrons. The van der Waals surface area contributed by atoms with Gasteiger partial charge in [0, 0.05) is 30.4 Å². The van der Waals surface area contributed by atoms with Crippen LogP contribution in [0.2, 0.25) is 5.02 Å². The molecule has 1 aliphatic carbocycles. The summed E-state index contributed by atoms with van der Waals surface area (Å²) in [5, 5.41) is 0.126. The van der Waals surface area contributed by atoms with Crippen LogP contribution < -0.4 is 0 Å². The van der Waals surface area contributed by atoms with E-state index in [4.69, 9.17) is 11.6 Å². The summed E-state index contributed by atoms with van der Waals surface area (Å²) in [5.74, 6) is 0.0328. The molecule has 1 aliphatic rings. The highest BCUT2D eigenvalue weighted by atomic mass is 35.5. The van der Waals surface area contributed by atoms with Crippen molar-refractivity contribution in [3.05, 3.63) is 58.6 Å². The molecule has 0 amide bonds. The molecule has 0 N–H and O–H groups in total. The normalized spacial score (nSPS) is 14.6. The fourth-order valence-electron chi connectivity index (χ4n) is 2.11. The summed E-state index contributed by atoms with van der Waals surface area (Å²) < 4.78 is 15.2. The van der Waals surface area contributed by atoms with E-state index in [2.05, 4.69) is 0 Å². The Morgan fingerprint density at radius 1 is 1.37 bits per heavy atom. The first-order valence-electron chi connectivity index (χ1n) is 6.27. The topological polar surface area (TPSA) is 22.0 Å². The van der Waals surface area contributed by atoms with Crippen LogP contribution in [-0.2, 0) is 6.54 Å². The van der Waals surface area contributed by atoms with Crippen LogP contribution in [0.15, 0.2) is 36.7 Å². The van der Waals surface area contributed by atoms with Gasteiger partial charge in [-0.2, -0.15) is 0 Å². The van der Waals surface area contributed by atoms with Crippen molar-refractivity contribution in [3.63, 3.8) is 0 Å². The van der Waals surface area contributed by atoms with Crippen molar-refractivity contribution in [1.29, 1.82) is 0 Å². The minimum Gasteiger partial charge on any atom is -0.349 e. The molecule has 1 fully saturated rings. The molecule has 19 heavy (non-hydrogen) atoms. The molecular weight excluding hydrogens is 265 g/mol. The molecule has 3 rings (SSSR count). The summed E-state index contributed by atoms with van der Waals surface area (Å²) in [5.41, 5.74) is 1.57. The number of rotatable bonds is 4. The molecule has 0 aliphatic heterocycles. The highest BCUT2D eigenvalue weighted by Gasteiger charge is 2.30. The highest BCUT2D eigenvalue weighted by Crippen LogP contribution is 2.32. The first-order valence-corrected chi connectivity index (χ1v) is 6.65. The minimum atomic E-state index is -0.416. The molecular formula is C15H13ClFNO. The zero-order chi connectivity index (χ0) is 13.4. The molecule has 0 spiro atoms. The number of ketones is 1. The SMILES string of the molecule is O=C(c1ccn(Cc2ccc(Cl)c(F)c2)c1)C1CC1. The van der Waals surface area contributed by atoms with Gasteiger partial charge in [0.1, 0.15) is 5.82 Å². The van der Waals surface area contributed by atoms with Crippen LogP contribution in [0.25, 0.3) is 0 Å². The summed E-state index contributed by atoms with van der Waals surface area (Å²) >= 11 is 5.64. The number of hydrogen-bond acceptors (Lipinski definition) is 1. The van der Waals surface area contributed by atoms with Gasteiger partial charge in [0.15, 0.2) is 5.78 Å². The van der Waals surface area contributed by atoms with E-state index in [1.165, 1.54) is 6.07 Å². The van der Waals surface area contributed by atoms with E-state index < -0.39 is 5.82 Å². The summed E-state index contributed by atoms with van der Waals surface area (Å²) in [7, 11) is 0. The van der Waals surface area contributed by atoms with Gasteiger partial charge in [-0.15, -0.1) is 0 Å². The number of benzene rings is 1. The summed E-state index contributed by atoms with van der Waals surface area (Å²) in [6.45, 7) is 0.534. The quantitative estimate of drug-likeness (QED) is 0.777. The van der Waals surface area contributed by atoms with Gasteiger partial charge in [0.25, 0.3) is 0 Å². The molecule has 0 radical (unpaired) electrons. The lowest BCUT2D eigenvalue weighted by molar-refractivity contribution is 0.0967. The lowest BCUT2D eigenvalue weighted by Gasteiger charge is -2.04. The van der Waals surface area contributed by atoms with E-state index in [1.54, 1.807) is 12.1 Å². The Kier molecular flexibility index (Phi) is 3.15. The molecule has 0 saturated heterocycles. The standard InChI is InChI=1S/C15H13ClFNO/c16-13-4-1-10(7-14(13)17)8-18-6-5-12(9-18)15(19)11-2-3-11/h1,4-7,9,11H,2-3,8H2. The van der Waals surface area contributed by atoms with Crippen molar-refractivity contribution < 1.29 is 9.18 Å². The maximum atomic E-state index is 13.3. The van der Waals surface area contributed by atoms with Crippen molar-refractivity contribution in [1.82, 2.24) is 4.57 Å². The van der Waals surface area contributed by atoms with Crippen LogP contribution in [0.1, 0.15) is 28.8 Å². The highest BCUT2D eigenvalue weighted by molar-refractivity contribution is 6.30. The number of Topliss-reactive ketones (excluding diaryl/α,β-unsaturated/α-hetero) is 1. The lowest BCUT2D eigenvalue weighted by atomic mass is 10.1. The minimum absolute atomic E-state index is 0.126. The van der Waals surface area contributed by atoms with Gasteiger partial charge in [0.05, 0.1) is 5.02 Å². The zero-order valence-corrected chi connectivity index (χ0v) is 11.0. The van der Waals surface area contributed by atoms with Crippen molar-refractivity contribution in [2.45, 2.75) is 19.4 Å². The Balaban J connectivity index is 1.75. The van der Waals surface area contributed by atoms with Gasteiger partial charge in [0.2, 0.25) is 0 Å². The predicted octanol–water partition coefficient (Wildman–Crippen LogP) is 3.92. The zero-order valence-electron chi connectivity index (χ0n) is 10.3. The smallest absolute Gasteiger partial charge is 0.167 e. The van der Waals surface area contributed by atoms with E-state index in [1.807, 2.05) is 23.0 Å². The maximum absolute atomic E-state index is 13.3. The number of carbonyl (C=O) groups excluding carboxylic acids is 1. The van der Waals surface area contributed by atoms with Gasteiger partial charge in [-0.1, -0.05) is 17.7 Å². The van der Waals surface area contributed by atoms with Crippen LogP contribution in [0.3, 0.4) is 0 Å². The average Bonchev–Trinajstić information content (AvgIpc) is 3.14. The van der Waals surface area contributed by atoms with E-state index in [9.17, 15) is 9.18 Å². The average molecular weight is 278 g/mol. The summed E-state index contributed by atoms with van der Waals surface area (Å²) in [4.78, 5) is 11.9. The number of hydrogen-bond donors (Lipinski definition) is 0. The predicted molar refractivity (Wildman–Crippen MR) is 72.0 cm³/mol. The first-order chi connectivity index (χ1) is 9.13. The Bertz CT molecular complexity index is 631. The van der Waals surface area contributed by atoms with E-state index >= 15 is 0 Å². The Labute approximate surface area is 115 Å². The van der Waals surface area contributed by atoms with E-state index in [0.717, 1.165) is 24.0 Å². The third-order valence-corrected chi connectivity index (χ3v) is 3.64. The maximum Gasteiger partial charge on any atom is 0.167 e. The van der Waals surface area contributed by atoms with Gasteiger partial charge in [-0.05, 0) is 36.6 Å². The Hall–Kier alpha value is -1.61. The molecule has 1 saturated carbocycles. The van der Waals surface area contributed by atoms with Crippen LogP contribution in [-0.4, -0.2) is 10.4 Å². The van der Waals surface area contributed by atoms with Crippen molar-refractivity contribution in [3.8, 4) is 0 Å². The summed E-state index contributed by atoms with van der Waals surface area (Å²) in [6.07, 6.45) is 5.69. The van der Waals surface area contributed by atoms with Gasteiger partial charge in [-0.25, -0.2) is 4.39 Å². The van der Waals surface area contributed by atoms with Crippen molar-refractivity contribution in [2.24, 2.45) is 5.92 Å². The van der Waals surface area contributed by atoms with Crippen LogP contribution >= 0.6 is 11.6 Å². The second kappa shape index (κ2) is 4.82. The number of nitrogens with zero attached hydrogens (tertiary/aromatic N) is 1. The number of carbonyl (C=O) groups is 1. The van der Waals surface area contributed by atoms with Crippen LogP contribution in [0, 0.1) is 11.7 Å². The lowest BCUT2D eigenvalue weighted by Crippen LogP contribution is -2.01. The van der Waals surface area contributed by atoms with Crippen molar-refractivity contribution in [2.75, 3.05) is 0 Å². The van der Waals surface area contributed by atoms with E-state index in [0.29, 0.717) is 6.54 Å². The van der Waals surface area contributed by atoms with Crippen molar-refractivity contribution >= 4 is 17.4 Å². The Morgan fingerprint density at radius 3 is 2.84 bits per heavy atom. The fourth-order valence-corrected chi connectivity index (χ4v) is 2.23. The largest absolute Gasteiger partial charge is 0.349 e. The molecule has 1 heterocycles. The van der Waals surface area contributed by atoms with Crippen LogP contribution in [0.5, 0.6) is 0 Å². The molecule has 4 heteroatoms. The third kappa shape index (κ3) is 2.71. The molecule has 2 nitrogen and oxygen atoms in total. The molecule has 0 unspecified atom stereocenters. The summed E-state index contributed by atoms with van der Waals surface area (Å²) in [6, 6.07) is 6.58. The number of aromatic nitrogens is 1. The van der Waals surface area contributed by atoms with E-state index in [-0.39, 0.29) is 16.7 Å². The molecule has 0 bridgehead atoms. The Morgan fingerprint density at radius 2 is 2.16 bits per heavy atom. The second-order valence-corrected chi connectivity index (χ2v) is 5.37. The number of halogens is 2. The van der Waals surface area contributed by atoms with Crippen LogP contribution in [0.4, 0.5) is 4.39 Å². The fraction of sp³-hybridized carbons (Fsp3) is 0.267. The monoisotopic (exact) mass is 277 g/mol. The molecule has 1 aromatic carbocycles. The third-order valence-electron chi connectivity index (χ3n) is 3.33. The van der Waals surface area contributed by atoms with Gasteiger partial charge in [-0.3, -0.25) is 4.79 Å². The molecule has 1 aromatic heterocycles. The van der Waals surface area contributed by atoms with Gasteiger partial charge >= 0.3 is 0 Å².